The van der Waals surface area contributed by atoms with Gasteiger partial charge in [0.1, 0.15) is 24.3 Å². The molecule has 0 radical (unpaired) electrons. The highest BCUT2D eigenvalue weighted by molar-refractivity contribution is 5.04. The summed E-state index contributed by atoms with van der Waals surface area (Å²) < 4.78 is 6.71. The van der Waals surface area contributed by atoms with Crippen molar-refractivity contribution >= 4 is 0 Å². The number of likely N-dealkylation sites (N-methyl/N-ethyl adjacent to an activating group) is 1. The molecule has 4 saturated heterocycles. The number of aliphatic hydroxyl groups is 1. The first-order valence-corrected chi connectivity index (χ1v) is 4.77. The molecule has 3 nitrogen and oxygen atoms in total. The van der Waals surface area contributed by atoms with Crippen molar-refractivity contribution in [2.24, 2.45) is 0 Å². The Kier molecular flexibility index (Phi) is 1.13. The van der Waals surface area contributed by atoms with E-state index in [0.717, 1.165) is 17.3 Å². The van der Waals surface area contributed by atoms with Crippen LogP contribution in [0, 0.1) is 0 Å². The third-order valence-corrected chi connectivity index (χ3v) is 4.18. The van der Waals surface area contributed by atoms with Gasteiger partial charge in [-0.3, -0.25) is 0 Å². The third kappa shape index (κ3) is 0.605. The van der Waals surface area contributed by atoms with Crippen LogP contribution in [0.3, 0.4) is 0 Å². The second-order valence-corrected chi connectivity index (χ2v) is 4.95. The highest BCUT2D eigenvalue weighted by atomic mass is 16.5. The topological polar surface area (TPSA) is 29.5 Å². The molecule has 4 aliphatic rings. The second kappa shape index (κ2) is 1.86. The molecule has 4 fully saturated rings. The first kappa shape index (κ1) is 7.30. The number of rotatable bonds is 0. The fourth-order valence-electron chi connectivity index (χ4n) is 3.42. The maximum atomic E-state index is 9.90. The number of quaternary nitrogens is 1. The largest absolute Gasteiger partial charge is 0.384 e. The van der Waals surface area contributed by atoms with Gasteiger partial charge in [-0.05, 0) is 0 Å². The zero-order chi connectivity index (χ0) is 8.51. The molecule has 0 aromatic heterocycles. The van der Waals surface area contributed by atoms with Crippen LogP contribution >= 0.6 is 0 Å². The summed E-state index contributed by atoms with van der Waals surface area (Å²) >= 11 is 0. The van der Waals surface area contributed by atoms with Crippen molar-refractivity contribution in [3.63, 3.8) is 0 Å². The second-order valence-electron chi connectivity index (χ2n) is 4.95. The summed E-state index contributed by atoms with van der Waals surface area (Å²) in [5.41, 5.74) is 0. The quantitative estimate of drug-likeness (QED) is 0.507. The maximum Gasteiger partial charge on any atom is 0.141 e. The van der Waals surface area contributed by atoms with Crippen molar-refractivity contribution in [1.82, 2.24) is 0 Å². The summed E-state index contributed by atoms with van der Waals surface area (Å²) in [6.45, 7) is 0. The highest BCUT2D eigenvalue weighted by Crippen LogP contribution is 2.48. The Morgan fingerprint density at radius 1 is 1.25 bits per heavy atom. The molecule has 3 heteroatoms. The summed E-state index contributed by atoms with van der Waals surface area (Å²) in [6, 6.07) is 0.997. The minimum atomic E-state index is -0.205. The molecule has 0 saturated carbocycles. The lowest BCUT2D eigenvalue weighted by Gasteiger charge is -2.41. The number of piperidine rings is 1. The minimum Gasteiger partial charge on any atom is -0.384 e. The van der Waals surface area contributed by atoms with E-state index in [1.165, 1.54) is 0 Å². The fraction of sp³-hybridized carbons (Fsp3) is 1.00. The number of ether oxygens (including phenoxy) is 1. The molecule has 68 valence electrons. The van der Waals surface area contributed by atoms with Crippen molar-refractivity contribution < 1.29 is 14.3 Å². The summed E-state index contributed by atoms with van der Waals surface area (Å²) in [4.78, 5) is 0. The van der Waals surface area contributed by atoms with E-state index in [0.29, 0.717) is 18.2 Å². The van der Waals surface area contributed by atoms with Gasteiger partial charge in [0.25, 0.3) is 0 Å². The highest BCUT2D eigenvalue weighted by Gasteiger charge is 2.66. The van der Waals surface area contributed by atoms with Crippen molar-refractivity contribution in [1.29, 1.82) is 0 Å². The van der Waals surface area contributed by atoms with Crippen LogP contribution in [0.4, 0.5) is 0 Å². The Morgan fingerprint density at radius 3 is 2.50 bits per heavy atom. The predicted molar refractivity (Wildman–Crippen MR) is 43.6 cm³/mol. The zero-order valence-corrected chi connectivity index (χ0v) is 7.60. The maximum absolute atomic E-state index is 9.90. The summed E-state index contributed by atoms with van der Waals surface area (Å²) in [5.74, 6) is 0. The molecule has 4 heterocycles. The average molecular weight is 170 g/mol. The lowest BCUT2D eigenvalue weighted by Crippen LogP contribution is -2.56. The molecule has 1 unspecified atom stereocenters. The molecule has 0 aromatic carbocycles. The van der Waals surface area contributed by atoms with E-state index in [1.807, 2.05) is 0 Å². The Bertz CT molecular complexity index is 225. The first-order valence-electron chi connectivity index (χ1n) is 4.77. The Hall–Kier alpha value is -0.120. The van der Waals surface area contributed by atoms with Crippen molar-refractivity contribution in [3.8, 4) is 0 Å². The van der Waals surface area contributed by atoms with Gasteiger partial charge < -0.3 is 14.3 Å². The number of hydrogen-bond acceptors (Lipinski definition) is 2. The van der Waals surface area contributed by atoms with E-state index in [4.69, 9.17) is 4.74 Å². The Labute approximate surface area is 72.5 Å². The molecular weight excluding hydrogens is 154 g/mol. The van der Waals surface area contributed by atoms with Crippen LogP contribution in [-0.2, 0) is 4.74 Å². The lowest BCUT2D eigenvalue weighted by molar-refractivity contribution is -0.930. The van der Waals surface area contributed by atoms with Gasteiger partial charge in [0.15, 0.2) is 0 Å². The Balaban J connectivity index is 2.06. The van der Waals surface area contributed by atoms with Crippen LogP contribution in [0.5, 0.6) is 0 Å². The van der Waals surface area contributed by atoms with Gasteiger partial charge in [-0.15, -0.1) is 0 Å². The van der Waals surface area contributed by atoms with Crippen LogP contribution in [0.25, 0.3) is 0 Å². The molecule has 1 N–H and O–H groups in total. The normalized spacial score (nSPS) is 59.8. The van der Waals surface area contributed by atoms with Crippen LogP contribution < -0.4 is 0 Å². The summed E-state index contributed by atoms with van der Waals surface area (Å²) in [7, 11) is 4.45. The van der Waals surface area contributed by atoms with Gasteiger partial charge in [-0.1, -0.05) is 0 Å². The SMILES string of the molecule is C[N+]1(C)[C@@H]2CC3C[C@H]1[C@H](O)[C@H]2O3. The molecule has 4 bridgehead atoms. The monoisotopic (exact) mass is 170 g/mol. The molecule has 0 amide bonds. The van der Waals surface area contributed by atoms with Gasteiger partial charge in [0.05, 0.1) is 20.2 Å². The van der Waals surface area contributed by atoms with Crippen molar-refractivity contribution in [2.75, 3.05) is 14.1 Å². The van der Waals surface area contributed by atoms with E-state index >= 15 is 0 Å². The van der Waals surface area contributed by atoms with E-state index < -0.39 is 0 Å². The molecule has 12 heavy (non-hydrogen) atoms. The number of aliphatic hydroxyl groups excluding tert-OH is 1. The van der Waals surface area contributed by atoms with E-state index in [9.17, 15) is 5.11 Å². The van der Waals surface area contributed by atoms with Crippen LogP contribution in [0.15, 0.2) is 0 Å². The van der Waals surface area contributed by atoms with Crippen LogP contribution in [-0.4, -0.2) is 54.1 Å². The number of nitrogens with zero attached hydrogens (tertiary/aromatic N) is 1. The third-order valence-electron chi connectivity index (χ3n) is 4.18. The minimum absolute atomic E-state index is 0.142. The zero-order valence-electron chi connectivity index (χ0n) is 7.60. The van der Waals surface area contributed by atoms with Gasteiger partial charge >= 0.3 is 0 Å². The smallest absolute Gasteiger partial charge is 0.141 e. The van der Waals surface area contributed by atoms with Crippen molar-refractivity contribution in [2.45, 2.75) is 43.2 Å². The molecule has 4 rings (SSSR count). The standard InChI is InChI=1S/C9H16NO2/c1-10(2)6-3-5-4-7(10)9(12-5)8(6)11/h5-9,11H,3-4H2,1-2H3/q+1/t5?,6-,7+,8-,9-/m0/s1. The van der Waals surface area contributed by atoms with Gasteiger partial charge in [0.2, 0.25) is 0 Å². The summed E-state index contributed by atoms with van der Waals surface area (Å²) in [6.07, 6.45) is 2.61. The van der Waals surface area contributed by atoms with Gasteiger partial charge in [0, 0.05) is 12.8 Å². The molecule has 4 aliphatic heterocycles. The number of hydrogen-bond donors (Lipinski definition) is 1. The van der Waals surface area contributed by atoms with Gasteiger partial charge in [-0.25, -0.2) is 0 Å². The molecule has 0 aromatic rings. The van der Waals surface area contributed by atoms with Crippen LogP contribution in [0.1, 0.15) is 12.8 Å². The summed E-state index contributed by atoms with van der Waals surface area (Å²) in [5, 5.41) is 9.90. The van der Waals surface area contributed by atoms with E-state index in [2.05, 4.69) is 14.1 Å². The molecule has 5 atom stereocenters. The molecule has 0 aliphatic carbocycles. The van der Waals surface area contributed by atoms with E-state index in [-0.39, 0.29) is 12.2 Å². The Morgan fingerprint density at radius 2 is 1.92 bits per heavy atom. The van der Waals surface area contributed by atoms with E-state index in [1.54, 1.807) is 0 Å². The predicted octanol–water partition coefficient (Wildman–Crippen LogP) is -0.264. The lowest BCUT2D eigenvalue weighted by atomic mass is 9.98. The fourth-order valence-corrected chi connectivity index (χ4v) is 3.42. The molecular formula is C9H16NO2+. The van der Waals surface area contributed by atoms with Crippen LogP contribution in [0.2, 0.25) is 0 Å². The molecule has 0 spiro atoms. The average Bonchev–Trinajstić information content (AvgIpc) is 2.39. The first-order chi connectivity index (χ1) is 5.60. The van der Waals surface area contributed by atoms with Gasteiger partial charge in [-0.2, -0.15) is 0 Å². The van der Waals surface area contributed by atoms with Crippen molar-refractivity contribution in [3.05, 3.63) is 0 Å².